The van der Waals surface area contributed by atoms with E-state index in [0.717, 1.165) is 30.5 Å². The van der Waals surface area contributed by atoms with E-state index >= 15 is 8.78 Å². The van der Waals surface area contributed by atoms with Gasteiger partial charge in [0.2, 0.25) is 0 Å². The van der Waals surface area contributed by atoms with Crippen molar-refractivity contribution >= 4 is 0 Å². The van der Waals surface area contributed by atoms with E-state index in [2.05, 4.69) is 19.1 Å². The van der Waals surface area contributed by atoms with Crippen LogP contribution < -0.4 is 9.47 Å². The third kappa shape index (κ3) is 7.93. The monoisotopic (exact) mass is 542 g/mol. The van der Waals surface area contributed by atoms with Gasteiger partial charge in [0.15, 0.2) is 0 Å². The van der Waals surface area contributed by atoms with Crippen molar-refractivity contribution in [1.82, 2.24) is 0 Å². The summed E-state index contributed by atoms with van der Waals surface area (Å²) in [7, 11) is 0. The van der Waals surface area contributed by atoms with Crippen LogP contribution in [0.2, 0.25) is 0 Å². The van der Waals surface area contributed by atoms with E-state index in [0.29, 0.717) is 11.1 Å². The number of alkyl halides is 2. The van der Waals surface area contributed by atoms with Crippen molar-refractivity contribution in [2.75, 3.05) is 0 Å². The number of aromatic hydroxyl groups is 1. The van der Waals surface area contributed by atoms with Crippen LogP contribution in [-0.4, -0.2) is 5.11 Å². The minimum absolute atomic E-state index is 0.0458. The van der Waals surface area contributed by atoms with Crippen molar-refractivity contribution in [1.29, 1.82) is 0 Å². The molecule has 3 nitrogen and oxygen atoms in total. The average molecular weight is 543 g/mol. The lowest BCUT2D eigenvalue weighted by Gasteiger charge is -2.29. The number of ether oxygens (including phenoxy) is 2. The van der Waals surface area contributed by atoms with E-state index in [1.807, 2.05) is 53.7 Å². The standard InChI is InChI=1S/C33H41F3O3/c1-8-9-10-11-22-12-14-23(15-13-22)21-38-24-16-17-26(29(34)20-24)33(35,36)39-25-18-27(31(2,3)4)30(37)28(19-25)32(5,6)7/h12-20,37H,8-11,21H2,1-7H3. The van der Waals surface area contributed by atoms with Crippen LogP contribution in [0.25, 0.3) is 0 Å². The summed E-state index contributed by atoms with van der Waals surface area (Å²) in [5.41, 5.74) is 1.15. The smallest absolute Gasteiger partial charge is 0.429 e. The first kappa shape index (κ1) is 30.4. The molecule has 0 saturated heterocycles. The van der Waals surface area contributed by atoms with Crippen LogP contribution in [0.15, 0.2) is 54.6 Å². The molecule has 0 bridgehead atoms. The molecular formula is C33H41F3O3. The summed E-state index contributed by atoms with van der Waals surface area (Å²) in [5, 5.41) is 10.8. The average Bonchev–Trinajstić information content (AvgIpc) is 2.83. The van der Waals surface area contributed by atoms with Gasteiger partial charge in [-0.05, 0) is 59.1 Å². The number of hydrogen-bond donors (Lipinski definition) is 1. The number of phenolic OH excluding ortho intramolecular Hbond substituents is 1. The van der Waals surface area contributed by atoms with Gasteiger partial charge in [-0.1, -0.05) is 85.6 Å². The molecule has 0 saturated carbocycles. The molecule has 0 unspecified atom stereocenters. The predicted octanol–water partition coefficient (Wildman–Crippen LogP) is 9.57. The Balaban J connectivity index is 1.76. The third-order valence-corrected chi connectivity index (χ3v) is 6.70. The fraction of sp³-hybridized carbons (Fsp3) is 0.455. The fourth-order valence-corrected chi connectivity index (χ4v) is 4.38. The van der Waals surface area contributed by atoms with Crippen LogP contribution in [-0.2, 0) is 30.0 Å². The molecule has 3 rings (SSSR count). The van der Waals surface area contributed by atoms with Crippen LogP contribution in [0, 0.1) is 5.82 Å². The molecule has 0 spiro atoms. The first-order valence-corrected chi connectivity index (χ1v) is 13.6. The van der Waals surface area contributed by atoms with Gasteiger partial charge in [-0.3, -0.25) is 0 Å². The summed E-state index contributed by atoms with van der Waals surface area (Å²) in [5.74, 6) is -1.08. The maximum Gasteiger partial charge on any atom is 0.429 e. The maximum atomic E-state index is 15.2. The molecule has 0 aromatic heterocycles. The van der Waals surface area contributed by atoms with Crippen LogP contribution in [0.3, 0.4) is 0 Å². The van der Waals surface area contributed by atoms with Gasteiger partial charge in [0.05, 0.1) is 0 Å². The SMILES string of the molecule is CCCCCc1ccc(COc2ccc(C(F)(F)Oc3cc(C(C)(C)C)c(O)c(C(C)(C)C)c3)c(F)c2)cc1. The molecule has 3 aromatic carbocycles. The van der Waals surface area contributed by atoms with Gasteiger partial charge in [-0.25, -0.2) is 4.39 Å². The number of halogens is 3. The van der Waals surface area contributed by atoms with E-state index < -0.39 is 28.3 Å². The second kappa shape index (κ2) is 11.9. The maximum absolute atomic E-state index is 15.2. The number of aryl methyl sites for hydroxylation is 1. The Morgan fingerprint density at radius 2 is 1.28 bits per heavy atom. The van der Waals surface area contributed by atoms with Crippen LogP contribution >= 0.6 is 0 Å². The zero-order valence-electron chi connectivity index (χ0n) is 24.1. The fourth-order valence-electron chi connectivity index (χ4n) is 4.38. The quantitative estimate of drug-likeness (QED) is 0.259. The molecule has 0 aliphatic carbocycles. The number of rotatable bonds is 10. The Hall–Kier alpha value is -3.15. The summed E-state index contributed by atoms with van der Waals surface area (Å²) in [6.07, 6.45) is 0.594. The van der Waals surface area contributed by atoms with E-state index in [4.69, 9.17) is 9.47 Å². The van der Waals surface area contributed by atoms with Crippen LogP contribution in [0.4, 0.5) is 13.2 Å². The zero-order chi connectivity index (χ0) is 29.0. The van der Waals surface area contributed by atoms with E-state index in [1.165, 1.54) is 36.6 Å². The molecule has 0 heterocycles. The molecule has 0 fully saturated rings. The third-order valence-electron chi connectivity index (χ3n) is 6.70. The lowest BCUT2D eigenvalue weighted by atomic mass is 9.79. The van der Waals surface area contributed by atoms with Crippen molar-refractivity contribution in [2.45, 2.75) is 97.7 Å². The summed E-state index contributed by atoms with van der Waals surface area (Å²) in [4.78, 5) is 0. The molecule has 6 heteroatoms. The van der Waals surface area contributed by atoms with Gasteiger partial charge in [-0.15, -0.1) is 0 Å². The van der Waals surface area contributed by atoms with Crippen molar-refractivity contribution in [3.8, 4) is 17.2 Å². The number of benzene rings is 3. The number of hydrogen-bond acceptors (Lipinski definition) is 3. The Kier molecular flexibility index (Phi) is 9.30. The molecule has 0 amide bonds. The van der Waals surface area contributed by atoms with Gasteiger partial charge in [-0.2, -0.15) is 8.78 Å². The molecule has 0 aliphatic rings. The van der Waals surface area contributed by atoms with Crippen molar-refractivity contribution in [3.63, 3.8) is 0 Å². The highest BCUT2D eigenvalue weighted by Crippen LogP contribution is 2.44. The van der Waals surface area contributed by atoms with E-state index in [1.54, 1.807) is 0 Å². The molecule has 0 atom stereocenters. The molecule has 0 radical (unpaired) electrons. The topological polar surface area (TPSA) is 38.7 Å². The summed E-state index contributed by atoms with van der Waals surface area (Å²) < 4.78 is 56.1. The Labute approximate surface area is 231 Å². The highest BCUT2D eigenvalue weighted by atomic mass is 19.3. The highest BCUT2D eigenvalue weighted by Gasteiger charge is 2.39. The van der Waals surface area contributed by atoms with Gasteiger partial charge >= 0.3 is 6.11 Å². The molecule has 1 N–H and O–H groups in total. The first-order chi connectivity index (χ1) is 18.1. The van der Waals surface area contributed by atoms with Gasteiger partial charge in [0, 0.05) is 17.2 Å². The summed E-state index contributed by atoms with van der Waals surface area (Å²) >= 11 is 0. The Morgan fingerprint density at radius 1 is 0.718 bits per heavy atom. The Bertz CT molecular complexity index is 1220. The number of phenols is 1. The lowest BCUT2D eigenvalue weighted by Crippen LogP contribution is -2.25. The molecular weight excluding hydrogens is 501 g/mol. The normalized spacial score (nSPS) is 12.5. The second-order valence-electron chi connectivity index (χ2n) is 12.2. The highest BCUT2D eigenvalue weighted by molar-refractivity contribution is 5.52. The van der Waals surface area contributed by atoms with Crippen molar-refractivity contribution in [3.05, 3.63) is 88.2 Å². The van der Waals surface area contributed by atoms with Crippen LogP contribution in [0.1, 0.15) is 95.5 Å². The lowest BCUT2D eigenvalue weighted by molar-refractivity contribution is -0.187. The summed E-state index contributed by atoms with van der Waals surface area (Å²) in [6.45, 7) is 13.6. The van der Waals surface area contributed by atoms with Gasteiger partial charge in [0.25, 0.3) is 0 Å². The number of unbranched alkanes of at least 4 members (excludes halogenated alkanes) is 2. The Morgan fingerprint density at radius 3 is 1.79 bits per heavy atom. The minimum atomic E-state index is -3.95. The zero-order valence-corrected chi connectivity index (χ0v) is 24.1. The van der Waals surface area contributed by atoms with E-state index in [-0.39, 0.29) is 23.9 Å². The van der Waals surface area contributed by atoms with Crippen LogP contribution in [0.5, 0.6) is 17.2 Å². The minimum Gasteiger partial charge on any atom is -0.507 e. The van der Waals surface area contributed by atoms with Crippen molar-refractivity contribution in [2.24, 2.45) is 0 Å². The second-order valence-corrected chi connectivity index (χ2v) is 12.2. The summed E-state index contributed by atoms with van der Waals surface area (Å²) in [6, 6.07) is 14.1. The largest absolute Gasteiger partial charge is 0.507 e. The predicted molar refractivity (Wildman–Crippen MR) is 150 cm³/mol. The molecule has 0 aliphatic heterocycles. The molecule has 212 valence electrons. The van der Waals surface area contributed by atoms with Gasteiger partial charge in [0.1, 0.15) is 35.2 Å². The first-order valence-electron chi connectivity index (χ1n) is 13.6. The van der Waals surface area contributed by atoms with Gasteiger partial charge < -0.3 is 14.6 Å². The van der Waals surface area contributed by atoms with Crippen molar-refractivity contribution < 1.29 is 27.8 Å². The van der Waals surface area contributed by atoms with E-state index in [9.17, 15) is 9.50 Å². The molecule has 3 aromatic rings. The molecule has 39 heavy (non-hydrogen) atoms.